The van der Waals surface area contributed by atoms with Crippen LogP contribution in [0.5, 0.6) is 0 Å². The predicted molar refractivity (Wildman–Crippen MR) is 265 cm³/mol. The fraction of sp³-hybridized carbons (Fsp3) is 0.538. The Hall–Kier alpha value is -6.01. The van der Waals surface area contributed by atoms with Gasteiger partial charge in [-0.2, -0.15) is 0 Å². The van der Waals surface area contributed by atoms with Crippen molar-refractivity contribution < 1.29 is 57.2 Å². The van der Waals surface area contributed by atoms with Crippen LogP contribution in [0, 0.1) is 20.8 Å². The molecule has 1 unspecified atom stereocenters. The normalized spacial score (nSPS) is 21.3. The molecule has 8 atom stereocenters. The van der Waals surface area contributed by atoms with Crippen LogP contribution in [0.4, 0.5) is 0 Å². The summed E-state index contributed by atoms with van der Waals surface area (Å²) in [7, 11) is 1.76. The molecule has 6 rings (SSSR count). The minimum Gasteiger partial charge on any atom is -0.463 e. The molecule has 378 valence electrons. The molecule has 3 aliphatic rings. The standard InChI is InChI=1S/C52H67N5O12S/c1-14-36-26(3)40-23-44-47(30(7)65-32(9)59)28(5)42(55-44)22-41-27(4)37(48(56-41)29(6)39-20-25(2)38(53-39)21-43(36)54-40)16-17-46(63)57(13)18-15-19-70-52-51(68-35(12)62)50(67-34(11)61)49(66-33(10)60)45(69-52)24-64-31(8)58/h20-23,27,30,37,45,49-52,54-55H,14-19,24H2,1-13H3/t27-,30?,37-,45+,49+,50-,51+,52-/m0/s1. The van der Waals surface area contributed by atoms with Crippen LogP contribution in [0.1, 0.15) is 150 Å². The number of hydrogen-bond acceptors (Lipinski definition) is 15. The lowest BCUT2D eigenvalue weighted by atomic mass is 9.85. The summed E-state index contributed by atoms with van der Waals surface area (Å²) in [6.45, 7) is 20.7. The maximum absolute atomic E-state index is 13.9. The van der Waals surface area contributed by atoms with Crippen molar-refractivity contribution in [2.75, 3.05) is 26.0 Å². The third kappa shape index (κ3) is 12.3. The number of aromatic amines is 2. The number of thioether (sulfide) groups is 1. The number of hydrogen-bond donors (Lipinski definition) is 2. The van der Waals surface area contributed by atoms with Crippen molar-refractivity contribution in [1.29, 1.82) is 0 Å². The smallest absolute Gasteiger partial charge is 0.303 e. The molecule has 70 heavy (non-hydrogen) atoms. The Balaban J connectivity index is 1.25. The highest BCUT2D eigenvalue weighted by Gasteiger charge is 2.52. The summed E-state index contributed by atoms with van der Waals surface area (Å²) in [5.74, 6) is -2.84. The summed E-state index contributed by atoms with van der Waals surface area (Å²) in [5.41, 5.74) is 12.2. The third-order valence-corrected chi connectivity index (χ3v) is 14.4. The van der Waals surface area contributed by atoms with E-state index in [2.05, 4.69) is 61.9 Å². The van der Waals surface area contributed by atoms with Crippen molar-refractivity contribution in [2.24, 2.45) is 0 Å². The van der Waals surface area contributed by atoms with Gasteiger partial charge in [0.05, 0.1) is 11.4 Å². The van der Waals surface area contributed by atoms with Gasteiger partial charge in [-0.3, -0.25) is 33.8 Å². The van der Waals surface area contributed by atoms with Crippen LogP contribution < -0.4 is 0 Å². The van der Waals surface area contributed by atoms with Crippen molar-refractivity contribution in [2.45, 2.75) is 157 Å². The van der Waals surface area contributed by atoms with E-state index in [-0.39, 0.29) is 36.7 Å². The lowest BCUT2D eigenvalue weighted by molar-refractivity contribution is -0.237. The van der Waals surface area contributed by atoms with Gasteiger partial charge in [0.15, 0.2) is 18.3 Å². The Labute approximate surface area is 413 Å². The van der Waals surface area contributed by atoms with Gasteiger partial charge in [-0.05, 0) is 112 Å². The molecule has 8 bridgehead atoms. The van der Waals surface area contributed by atoms with E-state index in [4.69, 9.17) is 38.4 Å². The largest absolute Gasteiger partial charge is 0.463 e. The van der Waals surface area contributed by atoms with Gasteiger partial charge in [-0.15, -0.1) is 11.8 Å². The molecule has 17 nitrogen and oxygen atoms in total. The van der Waals surface area contributed by atoms with Crippen LogP contribution in [-0.4, -0.2) is 116 Å². The molecule has 6 heterocycles. The molecule has 0 radical (unpaired) electrons. The molecule has 3 aromatic rings. The van der Waals surface area contributed by atoms with Gasteiger partial charge in [0, 0.05) is 105 Å². The molecule has 1 amide bonds. The molecule has 2 N–H and O–H groups in total. The quantitative estimate of drug-likeness (QED) is 0.0783. The third-order valence-electron chi connectivity index (χ3n) is 13.2. The molecule has 3 aliphatic heterocycles. The Kier molecular flexibility index (Phi) is 17.4. The first-order chi connectivity index (χ1) is 33.1. The Morgan fingerprint density at radius 3 is 2.07 bits per heavy atom. The monoisotopic (exact) mass is 985 g/mol. The summed E-state index contributed by atoms with van der Waals surface area (Å²) >= 11 is 1.27. The van der Waals surface area contributed by atoms with Crippen molar-refractivity contribution in [3.8, 4) is 0 Å². The molecule has 0 aromatic carbocycles. The first-order valence-electron chi connectivity index (χ1n) is 23.8. The number of allylic oxidation sites excluding steroid dienone is 1. The summed E-state index contributed by atoms with van der Waals surface area (Å²) in [5, 5.41) is 0. The SMILES string of the molecule is CCc1c(C)c2cc3[nH]c(cc4nc(c(C)c5nc(cc1[nH]2)C(C)=C5)[C@@H](CCC(=O)N(C)CCCS[C@@H]1O[C@H](COC(C)=O)[C@@H](OC(C)=O)[C@H](OC(C)=O)[C@H]1OC(C)=O)[C@@H]4C)c(C)c3C(C)OC(C)=O. The van der Waals surface area contributed by atoms with Gasteiger partial charge < -0.3 is 43.3 Å². The van der Waals surface area contributed by atoms with Gasteiger partial charge >= 0.3 is 29.8 Å². The Morgan fingerprint density at radius 1 is 0.786 bits per heavy atom. The van der Waals surface area contributed by atoms with Gasteiger partial charge in [-0.1, -0.05) is 13.8 Å². The van der Waals surface area contributed by atoms with E-state index in [9.17, 15) is 28.8 Å². The molecule has 0 spiro atoms. The lowest BCUT2D eigenvalue weighted by Gasteiger charge is -2.44. The highest BCUT2D eigenvalue weighted by atomic mass is 32.2. The fourth-order valence-corrected chi connectivity index (χ4v) is 10.8. The van der Waals surface area contributed by atoms with E-state index in [1.807, 2.05) is 20.8 Å². The number of nitrogens with one attached hydrogen (secondary N) is 2. The number of amides is 1. The van der Waals surface area contributed by atoms with E-state index >= 15 is 0 Å². The van der Waals surface area contributed by atoms with Crippen molar-refractivity contribution in [3.05, 3.63) is 68.8 Å². The summed E-state index contributed by atoms with van der Waals surface area (Å²) < 4.78 is 33.9. The average molecular weight is 986 g/mol. The lowest BCUT2D eigenvalue weighted by Crippen LogP contribution is -2.61. The average Bonchev–Trinajstić information content (AvgIpc) is 3.98. The van der Waals surface area contributed by atoms with Gasteiger partial charge in [0.2, 0.25) is 5.91 Å². The minimum atomic E-state index is -1.25. The van der Waals surface area contributed by atoms with Crippen LogP contribution in [0.2, 0.25) is 0 Å². The van der Waals surface area contributed by atoms with E-state index in [0.717, 1.165) is 79.1 Å². The van der Waals surface area contributed by atoms with Crippen LogP contribution in [0.25, 0.3) is 33.7 Å². The van der Waals surface area contributed by atoms with Crippen LogP contribution >= 0.6 is 11.8 Å². The molecule has 1 fully saturated rings. The molecular weight excluding hydrogens is 919 g/mol. The van der Waals surface area contributed by atoms with E-state index in [1.165, 1.54) is 51.9 Å². The highest BCUT2D eigenvalue weighted by Crippen LogP contribution is 2.43. The van der Waals surface area contributed by atoms with Crippen LogP contribution in [0.3, 0.4) is 0 Å². The zero-order valence-electron chi connectivity index (χ0n) is 42.5. The number of esters is 5. The van der Waals surface area contributed by atoms with E-state index in [0.29, 0.717) is 25.1 Å². The fourth-order valence-electron chi connectivity index (χ4n) is 9.67. The second kappa shape index (κ2) is 22.8. The van der Waals surface area contributed by atoms with E-state index in [1.54, 1.807) is 11.9 Å². The maximum atomic E-state index is 13.9. The second-order valence-corrected chi connectivity index (χ2v) is 19.6. The predicted octanol–water partition coefficient (Wildman–Crippen LogP) is 8.32. The van der Waals surface area contributed by atoms with Gasteiger partial charge in [-0.25, -0.2) is 4.98 Å². The number of carbonyl (C=O) groups excluding carboxylic acids is 6. The van der Waals surface area contributed by atoms with E-state index < -0.39 is 59.8 Å². The summed E-state index contributed by atoms with van der Waals surface area (Å²) in [6, 6.07) is 6.27. The van der Waals surface area contributed by atoms with Gasteiger partial charge in [0.25, 0.3) is 0 Å². The Morgan fingerprint density at radius 2 is 1.43 bits per heavy atom. The molecule has 18 heteroatoms. The number of carbonyl (C=O) groups is 6. The number of aromatic nitrogens is 4. The zero-order valence-corrected chi connectivity index (χ0v) is 43.3. The molecular formula is C52H67N5O12S. The molecule has 3 aromatic heterocycles. The van der Waals surface area contributed by atoms with Crippen LogP contribution in [-0.2, 0) is 63.6 Å². The number of H-pyrrole nitrogens is 2. The van der Waals surface area contributed by atoms with Crippen LogP contribution in [0.15, 0.2) is 18.2 Å². The van der Waals surface area contributed by atoms with Gasteiger partial charge in [0.1, 0.15) is 24.3 Å². The zero-order chi connectivity index (χ0) is 51.3. The highest BCUT2D eigenvalue weighted by molar-refractivity contribution is 7.99. The number of aryl methyl sites for hydroxylation is 3. The second-order valence-electron chi connectivity index (χ2n) is 18.4. The topological polar surface area (TPSA) is 218 Å². The number of nitrogens with zero attached hydrogens (tertiary/aromatic N) is 3. The summed E-state index contributed by atoms with van der Waals surface area (Å²) in [6.07, 6.45) is -1.01. The summed E-state index contributed by atoms with van der Waals surface area (Å²) in [4.78, 5) is 94.1. The van der Waals surface area contributed by atoms with Crippen molar-refractivity contribution in [1.82, 2.24) is 24.8 Å². The maximum Gasteiger partial charge on any atom is 0.303 e. The number of fused-ring (bicyclic) bond motifs is 8. The van der Waals surface area contributed by atoms with Crippen molar-refractivity contribution in [3.63, 3.8) is 0 Å². The molecule has 0 saturated carbocycles. The van der Waals surface area contributed by atoms with Crippen molar-refractivity contribution >= 4 is 81.2 Å². The minimum absolute atomic E-state index is 0.0480. The molecule has 1 saturated heterocycles. The Bertz CT molecular complexity index is 2730. The first kappa shape index (κ1) is 53.3. The molecule has 0 aliphatic carbocycles. The first-order valence-corrected chi connectivity index (χ1v) is 24.9. The number of ether oxygens (including phenoxy) is 6. The number of rotatable bonds is 16.